The van der Waals surface area contributed by atoms with Gasteiger partial charge < -0.3 is 9.32 Å². The van der Waals surface area contributed by atoms with E-state index in [0.29, 0.717) is 35.4 Å². The van der Waals surface area contributed by atoms with Gasteiger partial charge >= 0.3 is 0 Å². The van der Waals surface area contributed by atoms with Crippen molar-refractivity contribution in [2.45, 2.75) is 43.5 Å². The number of halogens is 1. The highest BCUT2D eigenvalue weighted by Gasteiger charge is 2.39. The number of amides is 1. The van der Waals surface area contributed by atoms with E-state index in [1.807, 2.05) is 19.1 Å². The summed E-state index contributed by atoms with van der Waals surface area (Å²) in [6.45, 7) is 2.86. The van der Waals surface area contributed by atoms with Crippen LogP contribution in [0.3, 0.4) is 0 Å². The number of rotatable bonds is 4. The number of hydrogen-bond acceptors (Lipinski definition) is 4. The Labute approximate surface area is 167 Å². The Morgan fingerprint density at radius 1 is 1.33 bits per heavy atom. The first-order chi connectivity index (χ1) is 12.9. The lowest BCUT2D eigenvalue weighted by atomic mass is 10.2. The molecular weight excluding hydrogens is 432 g/mol. The first-order valence-corrected chi connectivity index (χ1v) is 11.3. The zero-order valence-electron chi connectivity index (χ0n) is 15.0. The molecule has 2 aliphatic rings. The molecule has 0 aliphatic carbocycles. The number of anilines is 1. The Balaban J connectivity index is 1.75. The van der Waals surface area contributed by atoms with Crippen LogP contribution in [0.1, 0.15) is 43.6 Å². The van der Waals surface area contributed by atoms with E-state index in [1.165, 1.54) is 4.31 Å². The second-order valence-corrected chi connectivity index (χ2v) is 9.56. The maximum atomic E-state index is 13.5. The number of furan rings is 1. The zero-order chi connectivity index (χ0) is 19.2. The Kier molecular flexibility index (Phi) is 4.90. The third-order valence-electron chi connectivity index (χ3n) is 5.29. The van der Waals surface area contributed by atoms with Gasteiger partial charge in [0.05, 0.1) is 17.2 Å². The number of benzene rings is 1. The van der Waals surface area contributed by atoms with Crippen molar-refractivity contribution in [3.63, 3.8) is 0 Å². The van der Waals surface area contributed by atoms with E-state index in [1.54, 1.807) is 23.3 Å². The normalized spacial score (nSPS) is 20.2. The molecule has 0 radical (unpaired) electrons. The fraction of sp³-hybridized carbons (Fsp3) is 0.421. The monoisotopic (exact) mass is 452 g/mol. The minimum Gasteiger partial charge on any atom is -0.468 e. The van der Waals surface area contributed by atoms with Crippen LogP contribution in [0.15, 0.2) is 44.3 Å². The molecule has 2 aliphatic heterocycles. The first kappa shape index (κ1) is 18.7. The van der Waals surface area contributed by atoms with Crippen LogP contribution >= 0.6 is 15.9 Å². The van der Waals surface area contributed by atoms with E-state index in [0.717, 1.165) is 24.8 Å². The van der Waals surface area contributed by atoms with Crippen molar-refractivity contribution < 1.29 is 17.6 Å². The average Bonchev–Trinajstić information content (AvgIpc) is 3.38. The number of fused-ring (bicyclic) bond motifs is 1. The van der Waals surface area contributed by atoms with E-state index in [-0.39, 0.29) is 16.8 Å². The quantitative estimate of drug-likeness (QED) is 0.705. The number of nitrogens with zero attached hydrogens (tertiary/aromatic N) is 2. The van der Waals surface area contributed by atoms with Crippen LogP contribution in [0.4, 0.5) is 5.69 Å². The molecule has 0 saturated carbocycles. The molecule has 1 aromatic carbocycles. The molecule has 6 nitrogen and oxygen atoms in total. The molecule has 2 aromatic rings. The minimum absolute atomic E-state index is 0.00838. The summed E-state index contributed by atoms with van der Waals surface area (Å²) in [5, 5.41) is 0. The summed E-state index contributed by atoms with van der Waals surface area (Å²) in [7, 11) is -3.73. The standard InChI is InChI=1S/C19H21BrN2O4S/c1-2-19(23)21-9-7-13-11-14(20)18(12-16(13)21)27(24,25)22-8-3-5-15(22)17-6-4-10-26-17/h4,6,10-12,15H,2-3,5,7-9H2,1H3/t15-/m0/s1. The molecule has 1 amide bonds. The summed E-state index contributed by atoms with van der Waals surface area (Å²) in [6.07, 6.45) is 4.21. The van der Waals surface area contributed by atoms with Crippen molar-refractivity contribution in [2.75, 3.05) is 18.0 Å². The molecule has 0 spiro atoms. The van der Waals surface area contributed by atoms with E-state index in [9.17, 15) is 13.2 Å². The number of hydrogen-bond donors (Lipinski definition) is 0. The molecule has 27 heavy (non-hydrogen) atoms. The van der Waals surface area contributed by atoms with Gasteiger partial charge in [0, 0.05) is 29.7 Å². The summed E-state index contributed by atoms with van der Waals surface area (Å²) in [4.78, 5) is 14.1. The molecular formula is C19H21BrN2O4S. The molecule has 0 bridgehead atoms. The molecule has 8 heteroatoms. The van der Waals surface area contributed by atoms with Gasteiger partial charge in [-0.2, -0.15) is 4.31 Å². The van der Waals surface area contributed by atoms with Crippen molar-refractivity contribution in [3.8, 4) is 0 Å². The maximum absolute atomic E-state index is 13.5. The third-order valence-corrected chi connectivity index (χ3v) is 8.16. The van der Waals surface area contributed by atoms with Crippen LogP contribution < -0.4 is 4.90 Å². The Morgan fingerprint density at radius 2 is 2.15 bits per heavy atom. The highest BCUT2D eigenvalue weighted by atomic mass is 79.9. The van der Waals surface area contributed by atoms with Gasteiger partial charge in [-0.1, -0.05) is 6.92 Å². The van der Waals surface area contributed by atoms with E-state index in [2.05, 4.69) is 15.9 Å². The number of carbonyl (C=O) groups excluding carboxylic acids is 1. The predicted octanol–water partition coefficient (Wildman–Crippen LogP) is 3.87. The average molecular weight is 453 g/mol. The molecule has 1 fully saturated rings. The van der Waals surface area contributed by atoms with Crippen LogP contribution in [-0.2, 0) is 21.2 Å². The van der Waals surface area contributed by atoms with Crippen molar-refractivity contribution in [1.82, 2.24) is 4.31 Å². The van der Waals surface area contributed by atoms with Crippen LogP contribution in [0, 0.1) is 0 Å². The predicted molar refractivity (Wildman–Crippen MR) is 105 cm³/mol. The van der Waals surface area contributed by atoms with E-state index in [4.69, 9.17) is 4.42 Å². The molecule has 1 atom stereocenters. The fourth-order valence-electron chi connectivity index (χ4n) is 3.96. The minimum atomic E-state index is -3.73. The lowest BCUT2D eigenvalue weighted by molar-refractivity contribution is -0.118. The summed E-state index contributed by atoms with van der Waals surface area (Å²) in [5.74, 6) is 0.671. The van der Waals surface area contributed by atoms with E-state index >= 15 is 0 Å². The summed E-state index contributed by atoms with van der Waals surface area (Å²) >= 11 is 3.44. The largest absolute Gasteiger partial charge is 0.468 e. The molecule has 3 heterocycles. The molecule has 1 aromatic heterocycles. The molecule has 4 rings (SSSR count). The van der Waals surface area contributed by atoms with Gasteiger partial charge in [0.1, 0.15) is 5.76 Å². The number of sulfonamides is 1. The second-order valence-electron chi connectivity index (χ2n) is 6.85. The summed E-state index contributed by atoms with van der Waals surface area (Å²) in [5.41, 5.74) is 1.70. The lowest BCUT2D eigenvalue weighted by Gasteiger charge is -2.24. The van der Waals surface area contributed by atoms with Gasteiger partial charge in [-0.25, -0.2) is 8.42 Å². The first-order valence-electron chi connectivity index (χ1n) is 9.11. The molecule has 1 saturated heterocycles. The van der Waals surface area contributed by atoms with Crippen molar-refractivity contribution in [3.05, 3.63) is 46.3 Å². The Hall–Kier alpha value is -1.64. The Bertz CT molecular complexity index is 972. The smallest absolute Gasteiger partial charge is 0.244 e. The van der Waals surface area contributed by atoms with Gasteiger partial charge in [-0.3, -0.25) is 4.79 Å². The molecule has 144 valence electrons. The van der Waals surface area contributed by atoms with Crippen LogP contribution in [0.2, 0.25) is 0 Å². The van der Waals surface area contributed by atoms with Crippen LogP contribution in [-0.4, -0.2) is 31.7 Å². The SMILES string of the molecule is CCC(=O)N1CCc2cc(Br)c(S(=O)(=O)N3CCC[C@H]3c3ccco3)cc21. The lowest BCUT2D eigenvalue weighted by Crippen LogP contribution is -2.31. The topological polar surface area (TPSA) is 70.8 Å². The molecule has 0 unspecified atom stereocenters. The maximum Gasteiger partial charge on any atom is 0.244 e. The fourth-order valence-corrected chi connectivity index (χ4v) is 6.69. The summed E-state index contributed by atoms with van der Waals surface area (Å²) in [6, 6.07) is 6.78. The van der Waals surface area contributed by atoms with Crippen LogP contribution in [0.25, 0.3) is 0 Å². The Morgan fingerprint density at radius 3 is 2.85 bits per heavy atom. The van der Waals surface area contributed by atoms with Gasteiger partial charge in [-0.15, -0.1) is 0 Å². The van der Waals surface area contributed by atoms with Gasteiger partial charge in [0.2, 0.25) is 15.9 Å². The van der Waals surface area contributed by atoms with Gasteiger partial charge in [0.25, 0.3) is 0 Å². The highest BCUT2D eigenvalue weighted by Crippen LogP contribution is 2.41. The van der Waals surface area contributed by atoms with Crippen molar-refractivity contribution >= 4 is 37.5 Å². The summed E-state index contributed by atoms with van der Waals surface area (Å²) < 4.78 is 34.4. The number of carbonyl (C=O) groups is 1. The zero-order valence-corrected chi connectivity index (χ0v) is 17.4. The van der Waals surface area contributed by atoms with Crippen molar-refractivity contribution in [1.29, 1.82) is 0 Å². The van der Waals surface area contributed by atoms with Gasteiger partial charge in [0.15, 0.2) is 0 Å². The van der Waals surface area contributed by atoms with Crippen LogP contribution in [0.5, 0.6) is 0 Å². The highest BCUT2D eigenvalue weighted by molar-refractivity contribution is 9.10. The van der Waals surface area contributed by atoms with Gasteiger partial charge in [-0.05, 0) is 65.0 Å². The third kappa shape index (κ3) is 3.13. The molecule has 0 N–H and O–H groups in total. The van der Waals surface area contributed by atoms with Crippen molar-refractivity contribution in [2.24, 2.45) is 0 Å². The van der Waals surface area contributed by atoms with E-state index < -0.39 is 10.0 Å². The second kappa shape index (κ2) is 7.07.